The lowest BCUT2D eigenvalue weighted by atomic mass is 10.1. The fourth-order valence-corrected chi connectivity index (χ4v) is 2.15. The van der Waals surface area contributed by atoms with Crippen molar-refractivity contribution in [1.29, 1.82) is 0 Å². The van der Waals surface area contributed by atoms with E-state index in [1.165, 1.54) is 4.88 Å². The Balaban J connectivity index is 2.33. The Labute approximate surface area is 86.6 Å². The molecule has 2 rings (SSSR count). The van der Waals surface area contributed by atoms with E-state index >= 15 is 0 Å². The van der Waals surface area contributed by atoms with Gasteiger partial charge in [0.2, 0.25) is 0 Å². The lowest BCUT2D eigenvalue weighted by Gasteiger charge is -2.06. The predicted octanol–water partition coefficient (Wildman–Crippen LogP) is 2.40. The van der Waals surface area contributed by atoms with Gasteiger partial charge in [-0.2, -0.15) is 0 Å². The van der Waals surface area contributed by atoms with E-state index in [-0.39, 0.29) is 6.04 Å². The van der Waals surface area contributed by atoms with Gasteiger partial charge in [-0.1, -0.05) is 0 Å². The highest BCUT2D eigenvalue weighted by Gasteiger charge is 2.15. The van der Waals surface area contributed by atoms with Gasteiger partial charge < -0.3 is 10.2 Å². The molecule has 2 aromatic heterocycles. The van der Waals surface area contributed by atoms with Crippen LogP contribution in [0.2, 0.25) is 0 Å². The van der Waals surface area contributed by atoms with Gasteiger partial charge in [-0.05, 0) is 23.9 Å². The fourth-order valence-electron chi connectivity index (χ4n) is 1.40. The van der Waals surface area contributed by atoms with Gasteiger partial charge in [0, 0.05) is 11.8 Å². The zero-order chi connectivity index (χ0) is 10.1. The molecule has 0 aromatic carbocycles. The van der Waals surface area contributed by atoms with Crippen LogP contribution in [0.25, 0.3) is 0 Å². The van der Waals surface area contributed by atoms with Crippen LogP contribution in [0, 0.1) is 13.8 Å². The quantitative estimate of drug-likeness (QED) is 0.824. The largest absolute Gasteiger partial charge is 0.449 e. The van der Waals surface area contributed by atoms with Crippen LogP contribution in [0.5, 0.6) is 0 Å². The lowest BCUT2D eigenvalue weighted by molar-refractivity contribution is 0.520. The van der Waals surface area contributed by atoms with E-state index in [9.17, 15) is 0 Å². The molecule has 14 heavy (non-hydrogen) atoms. The molecule has 0 aliphatic heterocycles. The maximum absolute atomic E-state index is 6.06. The van der Waals surface area contributed by atoms with Gasteiger partial charge in [-0.15, -0.1) is 11.3 Å². The van der Waals surface area contributed by atoms with Crippen molar-refractivity contribution < 1.29 is 4.42 Å². The van der Waals surface area contributed by atoms with E-state index < -0.39 is 0 Å². The Morgan fingerprint density at radius 2 is 2.29 bits per heavy atom. The Bertz CT molecular complexity index is 433. The van der Waals surface area contributed by atoms with Gasteiger partial charge in [-0.3, -0.25) is 0 Å². The second-order valence-corrected chi connectivity index (χ2v) is 4.32. The molecule has 74 valence electrons. The molecule has 2 aromatic rings. The average Bonchev–Trinajstić information content (AvgIpc) is 2.73. The van der Waals surface area contributed by atoms with Crippen molar-refractivity contribution >= 4 is 11.3 Å². The molecule has 3 nitrogen and oxygen atoms in total. The van der Waals surface area contributed by atoms with Crippen LogP contribution in [0.3, 0.4) is 0 Å². The van der Waals surface area contributed by atoms with E-state index in [2.05, 4.69) is 11.9 Å². The lowest BCUT2D eigenvalue weighted by Crippen LogP contribution is -2.12. The first-order valence-electron chi connectivity index (χ1n) is 4.40. The molecular weight excluding hydrogens is 196 g/mol. The average molecular weight is 208 g/mol. The van der Waals surface area contributed by atoms with Gasteiger partial charge >= 0.3 is 0 Å². The zero-order valence-corrected chi connectivity index (χ0v) is 8.97. The van der Waals surface area contributed by atoms with Crippen molar-refractivity contribution in [2.75, 3.05) is 0 Å². The summed E-state index contributed by atoms with van der Waals surface area (Å²) < 4.78 is 5.14. The number of hydrogen-bond donors (Lipinski definition) is 1. The summed E-state index contributed by atoms with van der Waals surface area (Å²) in [5.74, 6) is 0.656. The molecule has 0 spiro atoms. The van der Waals surface area contributed by atoms with Crippen molar-refractivity contribution in [2.45, 2.75) is 19.9 Å². The molecular formula is C10H12N2OS. The number of nitrogens with zero attached hydrogens (tertiary/aromatic N) is 1. The van der Waals surface area contributed by atoms with Gasteiger partial charge in [0.25, 0.3) is 0 Å². The first-order valence-corrected chi connectivity index (χ1v) is 5.28. The SMILES string of the molecule is Cc1nc(C(N)c2ccsc2C)co1. The van der Waals surface area contributed by atoms with Crippen molar-refractivity contribution in [2.24, 2.45) is 5.73 Å². The molecule has 0 radical (unpaired) electrons. The standard InChI is InChI=1S/C10H12N2OS/c1-6-8(3-4-14-6)10(11)9-5-13-7(2)12-9/h3-5,10H,11H2,1-2H3. The monoisotopic (exact) mass is 208 g/mol. The molecule has 0 fully saturated rings. The summed E-state index contributed by atoms with van der Waals surface area (Å²) >= 11 is 1.70. The van der Waals surface area contributed by atoms with Crippen molar-refractivity contribution in [1.82, 2.24) is 4.98 Å². The Hall–Kier alpha value is -1.13. The van der Waals surface area contributed by atoms with Crippen LogP contribution in [-0.4, -0.2) is 4.98 Å². The first-order chi connectivity index (χ1) is 6.68. The molecule has 0 saturated heterocycles. The smallest absolute Gasteiger partial charge is 0.191 e. The Morgan fingerprint density at radius 3 is 2.79 bits per heavy atom. The minimum Gasteiger partial charge on any atom is -0.449 e. The van der Waals surface area contributed by atoms with Crippen LogP contribution in [0.4, 0.5) is 0 Å². The number of rotatable bonds is 2. The van der Waals surface area contributed by atoms with E-state index in [4.69, 9.17) is 10.2 Å². The summed E-state index contributed by atoms with van der Waals surface area (Å²) in [6.45, 7) is 3.88. The Morgan fingerprint density at radius 1 is 1.50 bits per heavy atom. The van der Waals surface area contributed by atoms with Crippen LogP contribution >= 0.6 is 11.3 Å². The number of oxazole rings is 1. The highest BCUT2D eigenvalue weighted by molar-refractivity contribution is 7.10. The molecule has 2 heterocycles. The van der Waals surface area contributed by atoms with Gasteiger partial charge in [0.05, 0.1) is 6.04 Å². The third kappa shape index (κ3) is 1.58. The number of hydrogen-bond acceptors (Lipinski definition) is 4. The second-order valence-electron chi connectivity index (χ2n) is 3.20. The van der Waals surface area contributed by atoms with Gasteiger partial charge in [0.15, 0.2) is 5.89 Å². The molecule has 0 aliphatic carbocycles. The van der Waals surface area contributed by atoms with Crippen LogP contribution in [0.1, 0.15) is 28.1 Å². The normalized spacial score (nSPS) is 13.1. The van der Waals surface area contributed by atoms with E-state index in [1.54, 1.807) is 17.6 Å². The van der Waals surface area contributed by atoms with E-state index in [0.717, 1.165) is 11.3 Å². The minimum absolute atomic E-state index is 0.168. The summed E-state index contributed by atoms with van der Waals surface area (Å²) in [7, 11) is 0. The maximum Gasteiger partial charge on any atom is 0.191 e. The van der Waals surface area contributed by atoms with Crippen molar-refractivity contribution in [3.8, 4) is 0 Å². The minimum atomic E-state index is -0.168. The number of aromatic nitrogens is 1. The highest BCUT2D eigenvalue weighted by Crippen LogP contribution is 2.25. The number of aryl methyl sites for hydroxylation is 2. The third-order valence-electron chi connectivity index (χ3n) is 2.19. The fraction of sp³-hybridized carbons (Fsp3) is 0.300. The predicted molar refractivity (Wildman–Crippen MR) is 56.3 cm³/mol. The maximum atomic E-state index is 6.06. The van der Waals surface area contributed by atoms with Crippen LogP contribution < -0.4 is 5.73 Å². The molecule has 2 N–H and O–H groups in total. The first kappa shape index (κ1) is 9.43. The van der Waals surface area contributed by atoms with Crippen molar-refractivity contribution in [3.05, 3.63) is 39.7 Å². The van der Waals surface area contributed by atoms with Crippen LogP contribution in [-0.2, 0) is 0 Å². The summed E-state index contributed by atoms with van der Waals surface area (Å²) in [6, 6.07) is 1.87. The van der Waals surface area contributed by atoms with Crippen molar-refractivity contribution in [3.63, 3.8) is 0 Å². The number of thiophene rings is 1. The van der Waals surface area contributed by atoms with E-state index in [1.807, 2.05) is 18.4 Å². The topological polar surface area (TPSA) is 52.0 Å². The Kier molecular flexibility index (Phi) is 2.39. The molecule has 4 heteroatoms. The number of nitrogens with two attached hydrogens (primary N) is 1. The summed E-state index contributed by atoms with van der Waals surface area (Å²) in [5, 5.41) is 2.04. The summed E-state index contributed by atoms with van der Waals surface area (Å²) in [4.78, 5) is 5.46. The molecule has 0 amide bonds. The van der Waals surface area contributed by atoms with Crippen LogP contribution in [0.15, 0.2) is 22.1 Å². The van der Waals surface area contributed by atoms with E-state index in [0.29, 0.717) is 5.89 Å². The zero-order valence-electron chi connectivity index (χ0n) is 8.15. The molecule has 0 saturated carbocycles. The van der Waals surface area contributed by atoms with Gasteiger partial charge in [0.1, 0.15) is 12.0 Å². The summed E-state index contributed by atoms with van der Waals surface area (Å²) in [6.07, 6.45) is 1.62. The molecule has 1 atom stereocenters. The second kappa shape index (κ2) is 3.55. The molecule has 1 unspecified atom stereocenters. The third-order valence-corrected chi connectivity index (χ3v) is 3.05. The molecule has 0 bridgehead atoms. The van der Waals surface area contributed by atoms with Gasteiger partial charge in [-0.25, -0.2) is 4.98 Å². The molecule has 0 aliphatic rings. The highest BCUT2D eigenvalue weighted by atomic mass is 32.1. The summed E-state index contributed by atoms with van der Waals surface area (Å²) in [5.41, 5.74) is 7.98.